The van der Waals surface area contributed by atoms with Gasteiger partial charge in [0.25, 0.3) is 5.91 Å². The molecule has 0 spiro atoms. The van der Waals surface area contributed by atoms with Crippen molar-refractivity contribution in [3.63, 3.8) is 0 Å². The molecule has 1 atom stereocenters. The van der Waals surface area contributed by atoms with Gasteiger partial charge < -0.3 is 14.9 Å². The first kappa shape index (κ1) is 17.3. The van der Waals surface area contributed by atoms with Gasteiger partial charge >= 0.3 is 0 Å². The van der Waals surface area contributed by atoms with Crippen molar-refractivity contribution >= 4 is 29.1 Å². The second kappa shape index (κ2) is 6.76. The highest BCUT2D eigenvalue weighted by Crippen LogP contribution is 2.25. The van der Waals surface area contributed by atoms with Gasteiger partial charge in [0, 0.05) is 28.9 Å². The monoisotopic (exact) mass is 358 g/mol. The van der Waals surface area contributed by atoms with Crippen molar-refractivity contribution in [1.29, 1.82) is 0 Å². The Labute approximate surface area is 151 Å². The molecule has 0 aromatic heterocycles. The summed E-state index contributed by atoms with van der Waals surface area (Å²) in [5.41, 5.74) is 1.80. The van der Waals surface area contributed by atoms with Crippen LogP contribution in [0.5, 0.6) is 5.75 Å². The molecule has 2 amide bonds. The van der Waals surface area contributed by atoms with E-state index in [2.05, 4.69) is 0 Å². The standard InChI is InChI=1S/C19H19ClN2O3/c1-12-6-7-14(8-17(12)23)19(25)21-11-18(24)22(10-13(21)2)16-5-3-4-15(20)9-16/h3-9,13,23H,10-11H2,1-2H3/t13-/m1/s1. The molecule has 0 saturated carbocycles. The van der Waals surface area contributed by atoms with E-state index in [4.69, 9.17) is 11.6 Å². The van der Waals surface area contributed by atoms with Gasteiger partial charge in [0.15, 0.2) is 0 Å². The van der Waals surface area contributed by atoms with Crippen LogP contribution in [0.4, 0.5) is 5.69 Å². The van der Waals surface area contributed by atoms with E-state index < -0.39 is 0 Å². The van der Waals surface area contributed by atoms with Crippen molar-refractivity contribution in [2.45, 2.75) is 19.9 Å². The molecule has 0 radical (unpaired) electrons. The molecule has 2 aromatic carbocycles. The van der Waals surface area contributed by atoms with Gasteiger partial charge in [-0.3, -0.25) is 9.59 Å². The predicted octanol–water partition coefficient (Wildman–Crippen LogP) is 3.23. The maximum Gasteiger partial charge on any atom is 0.254 e. The molecule has 1 aliphatic rings. The summed E-state index contributed by atoms with van der Waals surface area (Å²) >= 11 is 6.01. The number of hydrogen-bond acceptors (Lipinski definition) is 3. The maximum absolute atomic E-state index is 12.7. The van der Waals surface area contributed by atoms with Crippen LogP contribution in [-0.2, 0) is 4.79 Å². The average molecular weight is 359 g/mol. The Morgan fingerprint density at radius 2 is 2.00 bits per heavy atom. The Hall–Kier alpha value is -2.53. The highest BCUT2D eigenvalue weighted by molar-refractivity contribution is 6.30. The molecule has 25 heavy (non-hydrogen) atoms. The number of phenolic OH excluding ortho intramolecular Hbond substituents is 1. The third-order valence-electron chi connectivity index (χ3n) is 4.42. The number of benzene rings is 2. The molecule has 2 aromatic rings. The highest BCUT2D eigenvalue weighted by atomic mass is 35.5. The maximum atomic E-state index is 12.7. The van der Waals surface area contributed by atoms with E-state index in [9.17, 15) is 14.7 Å². The Balaban J connectivity index is 1.81. The average Bonchev–Trinajstić information content (AvgIpc) is 2.58. The summed E-state index contributed by atoms with van der Waals surface area (Å²) < 4.78 is 0. The van der Waals surface area contributed by atoms with E-state index in [1.807, 2.05) is 13.0 Å². The van der Waals surface area contributed by atoms with Crippen molar-refractivity contribution in [3.05, 3.63) is 58.6 Å². The zero-order chi connectivity index (χ0) is 18.1. The first-order valence-electron chi connectivity index (χ1n) is 8.03. The van der Waals surface area contributed by atoms with Crippen molar-refractivity contribution in [1.82, 2.24) is 4.90 Å². The largest absolute Gasteiger partial charge is 0.508 e. The molecule has 0 bridgehead atoms. The number of carbonyl (C=O) groups excluding carboxylic acids is 2. The number of halogens is 1. The summed E-state index contributed by atoms with van der Waals surface area (Å²) in [5, 5.41) is 10.4. The summed E-state index contributed by atoms with van der Waals surface area (Å²) in [4.78, 5) is 28.5. The number of hydrogen-bond donors (Lipinski definition) is 1. The molecule has 1 fully saturated rings. The van der Waals surface area contributed by atoms with Crippen LogP contribution in [0.3, 0.4) is 0 Å². The van der Waals surface area contributed by atoms with Crippen molar-refractivity contribution in [2.75, 3.05) is 18.0 Å². The minimum atomic E-state index is -0.262. The summed E-state index contributed by atoms with van der Waals surface area (Å²) in [6, 6.07) is 11.7. The lowest BCUT2D eigenvalue weighted by atomic mass is 10.1. The summed E-state index contributed by atoms with van der Waals surface area (Å²) in [5.74, 6) is -0.352. The van der Waals surface area contributed by atoms with E-state index in [0.717, 1.165) is 5.69 Å². The number of aryl methyl sites for hydroxylation is 1. The fourth-order valence-electron chi connectivity index (χ4n) is 2.93. The van der Waals surface area contributed by atoms with E-state index >= 15 is 0 Å². The number of nitrogens with zero attached hydrogens (tertiary/aromatic N) is 2. The Morgan fingerprint density at radius 1 is 1.24 bits per heavy atom. The van der Waals surface area contributed by atoms with Crippen LogP contribution in [0.2, 0.25) is 5.02 Å². The molecule has 1 N–H and O–H groups in total. The van der Waals surface area contributed by atoms with Gasteiger partial charge in [0.1, 0.15) is 12.3 Å². The Bertz CT molecular complexity index is 837. The number of rotatable bonds is 2. The van der Waals surface area contributed by atoms with Gasteiger partial charge in [0.2, 0.25) is 5.91 Å². The molecule has 3 rings (SSSR count). The highest BCUT2D eigenvalue weighted by Gasteiger charge is 2.33. The van der Waals surface area contributed by atoms with E-state index in [-0.39, 0.29) is 30.2 Å². The van der Waals surface area contributed by atoms with Gasteiger partial charge in [-0.15, -0.1) is 0 Å². The lowest BCUT2D eigenvalue weighted by molar-refractivity contribution is -0.121. The zero-order valence-corrected chi connectivity index (χ0v) is 14.8. The summed E-state index contributed by atoms with van der Waals surface area (Å²) in [6.45, 7) is 4.04. The van der Waals surface area contributed by atoms with E-state index in [1.54, 1.807) is 42.2 Å². The molecular formula is C19H19ClN2O3. The molecular weight excluding hydrogens is 340 g/mol. The van der Waals surface area contributed by atoms with Gasteiger partial charge in [0.05, 0.1) is 0 Å². The minimum absolute atomic E-state index is 0.0127. The van der Waals surface area contributed by atoms with Gasteiger partial charge in [-0.2, -0.15) is 0 Å². The fourth-order valence-corrected chi connectivity index (χ4v) is 3.11. The summed E-state index contributed by atoms with van der Waals surface area (Å²) in [6.07, 6.45) is 0. The lowest BCUT2D eigenvalue weighted by Crippen LogP contribution is -2.57. The quantitative estimate of drug-likeness (QED) is 0.896. The Morgan fingerprint density at radius 3 is 2.68 bits per heavy atom. The topological polar surface area (TPSA) is 60.9 Å². The van der Waals surface area contributed by atoms with Gasteiger partial charge in [-0.25, -0.2) is 0 Å². The number of carbonyl (C=O) groups is 2. The van der Waals surface area contributed by atoms with Crippen molar-refractivity contribution in [3.8, 4) is 5.75 Å². The van der Waals surface area contributed by atoms with Crippen LogP contribution in [0.15, 0.2) is 42.5 Å². The second-order valence-electron chi connectivity index (χ2n) is 6.27. The first-order chi connectivity index (χ1) is 11.9. The number of amides is 2. The summed E-state index contributed by atoms with van der Waals surface area (Å²) in [7, 11) is 0. The van der Waals surface area contributed by atoms with Gasteiger partial charge in [-0.05, 0) is 49.7 Å². The van der Waals surface area contributed by atoms with Crippen molar-refractivity contribution in [2.24, 2.45) is 0 Å². The molecule has 130 valence electrons. The van der Waals surface area contributed by atoms with Crippen LogP contribution in [0, 0.1) is 6.92 Å². The molecule has 0 unspecified atom stereocenters. The van der Waals surface area contributed by atoms with Crippen LogP contribution in [0.25, 0.3) is 0 Å². The van der Waals surface area contributed by atoms with Crippen LogP contribution in [0.1, 0.15) is 22.8 Å². The molecule has 5 nitrogen and oxygen atoms in total. The molecule has 1 heterocycles. The second-order valence-corrected chi connectivity index (χ2v) is 6.70. The van der Waals surface area contributed by atoms with Crippen LogP contribution >= 0.6 is 11.6 Å². The zero-order valence-electron chi connectivity index (χ0n) is 14.1. The number of anilines is 1. The lowest BCUT2D eigenvalue weighted by Gasteiger charge is -2.39. The third-order valence-corrected chi connectivity index (χ3v) is 4.66. The van der Waals surface area contributed by atoms with E-state index in [1.165, 1.54) is 11.0 Å². The number of phenols is 1. The molecule has 1 saturated heterocycles. The number of piperazine rings is 1. The van der Waals surface area contributed by atoms with E-state index in [0.29, 0.717) is 22.7 Å². The normalized spacial score (nSPS) is 17.7. The molecule has 6 heteroatoms. The predicted molar refractivity (Wildman–Crippen MR) is 97.1 cm³/mol. The fraction of sp³-hybridized carbons (Fsp3) is 0.263. The Kier molecular flexibility index (Phi) is 4.68. The number of aromatic hydroxyl groups is 1. The smallest absolute Gasteiger partial charge is 0.254 e. The SMILES string of the molecule is Cc1ccc(C(=O)N2CC(=O)N(c3cccc(Cl)c3)C[C@H]2C)cc1O. The van der Waals surface area contributed by atoms with Crippen molar-refractivity contribution < 1.29 is 14.7 Å². The minimum Gasteiger partial charge on any atom is -0.508 e. The van der Waals surface area contributed by atoms with Crippen LogP contribution in [-0.4, -0.2) is 41.0 Å². The third kappa shape index (κ3) is 3.46. The van der Waals surface area contributed by atoms with Gasteiger partial charge in [-0.1, -0.05) is 23.7 Å². The molecule has 1 aliphatic heterocycles. The molecule has 0 aliphatic carbocycles. The first-order valence-corrected chi connectivity index (χ1v) is 8.41. The van der Waals surface area contributed by atoms with Crippen LogP contribution < -0.4 is 4.90 Å².